The summed E-state index contributed by atoms with van der Waals surface area (Å²) in [6.07, 6.45) is 1.64. The van der Waals surface area contributed by atoms with Crippen LogP contribution in [0.5, 0.6) is 0 Å². The molecular formula is C18H15FN2O3. The second kappa shape index (κ2) is 6.95. The number of amides is 1. The molecule has 0 saturated carbocycles. The van der Waals surface area contributed by atoms with E-state index in [-0.39, 0.29) is 30.2 Å². The molecule has 5 nitrogen and oxygen atoms in total. The number of aromatic nitrogens is 1. The second-order valence-electron chi connectivity index (χ2n) is 5.21. The number of hydrogen-bond donors (Lipinski definition) is 1. The van der Waals surface area contributed by atoms with Crippen LogP contribution in [-0.2, 0) is 13.1 Å². The number of pyridine rings is 1. The van der Waals surface area contributed by atoms with Crippen molar-refractivity contribution in [2.24, 2.45) is 0 Å². The van der Waals surface area contributed by atoms with Crippen molar-refractivity contribution in [1.29, 1.82) is 0 Å². The van der Waals surface area contributed by atoms with Gasteiger partial charge in [-0.05, 0) is 24.3 Å². The van der Waals surface area contributed by atoms with Gasteiger partial charge in [-0.1, -0.05) is 24.3 Å². The van der Waals surface area contributed by atoms with E-state index >= 15 is 0 Å². The predicted molar refractivity (Wildman–Crippen MR) is 86.1 cm³/mol. The smallest absolute Gasteiger partial charge is 0.287 e. The van der Waals surface area contributed by atoms with E-state index < -0.39 is 5.91 Å². The van der Waals surface area contributed by atoms with Crippen LogP contribution >= 0.6 is 0 Å². The fraction of sp³-hybridized carbons (Fsp3) is 0.111. The molecule has 0 radical (unpaired) electrons. The topological polar surface area (TPSA) is 64.2 Å². The number of halogens is 1. The zero-order valence-electron chi connectivity index (χ0n) is 12.7. The summed E-state index contributed by atoms with van der Waals surface area (Å²) in [6, 6.07) is 14.2. The fourth-order valence-corrected chi connectivity index (χ4v) is 2.25. The van der Waals surface area contributed by atoms with Crippen molar-refractivity contribution in [3.8, 4) is 0 Å². The van der Waals surface area contributed by atoms with Gasteiger partial charge in [0.2, 0.25) is 0 Å². The number of rotatable bonds is 5. The van der Waals surface area contributed by atoms with Crippen LogP contribution in [0.4, 0.5) is 4.39 Å². The van der Waals surface area contributed by atoms with E-state index in [9.17, 15) is 14.0 Å². The molecule has 3 rings (SSSR count). The van der Waals surface area contributed by atoms with Crippen LogP contribution in [-0.4, -0.2) is 10.5 Å². The second-order valence-corrected chi connectivity index (χ2v) is 5.21. The average Bonchev–Trinajstić information content (AvgIpc) is 3.05. The van der Waals surface area contributed by atoms with Crippen LogP contribution in [0.3, 0.4) is 0 Å². The normalized spacial score (nSPS) is 10.5. The molecule has 3 aromatic rings. The first-order valence-corrected chi connectivity index (χ1v) is 7.39. The van der Waals surface area contributed by atoms with Crippen molar-refractivity contribution in [1.82, 2.24) is 9.88 Å². The van der Waals surface area contributed by atoms with E-state index in [1.54, 1.807) is 42.6 Å². The van der Waals surface area contributed by atoms with Crippen molar-refractivity contribution < 1.29 is 13.6 Å². The van der Waals surface area contributed by atoms with Gasteiger partial charge < -0.3 is 14.3 Å². The lowest BCUT2D eigenvalue weighted by Gasteiger charge is -2.05. The van der Waals surface area contributed by atoms with E-state index in [1.165, 1.54) is 22.8 Å². The molecule has 2 heterocycles. The first kappa shape index (κ1) is 15.7. The highest BCUT2D eigenvalue weighted by molar-refractivity contribution is 5.91. The highest BCUT2D eigenvalue weighted by Crippen LogP contribution is 2.10. The van der Waals surface area contributed by atoms with Crippen LogP contribution in [0.15, 0.2) is 70.0 Å². The molecule has 0 bridgehead atoms. The Balaban J connectivity index is 1.65. The Labute approximate surface area is 137 Å². The van der Waals surface area contributed by atoms with E-state index in [0.717, 1.165) is 0 Å². The van der Waals surface area contributed by atoms with Crippen molar-refractivity contribution in [3.05, 3.63) is 94.0 Å². The van der Waals surface area contributed by atoms with Gasteiger partial charge in [-0.2, -0.15) is 0 Å². The minimum Gasteiger partial charge on any atom is -0.454 e. The highest BCUT2D eigenvalue weighted by atomic mass is 19.1. The summed E-state index contributed by atoms with van der Waals surface area (Å²) < 4.78 is 20.4. The molecule has 0 atom stereocenters. The maximum absolute atomic E-state index is 13.5. The molecule has 0 aliphatic carbocycles. The number of carbonyl (C=O) groups excluding carboxylic acids is 1. The molecule has 1 aromatic carbocycles. The first-order valence-electron chi connectivity index (χ1n) is 7.39. The van der Waals surface area contributed by atoms with Gasteiger partial charge in [0.05, 0.1) is 6.54 Å². The quantitative estimate of drug-likeness (QED) is 0.784. The molecule has 0 saturated heterocycles. The maximum Gasteiger partial charge on any atom is 0.287 e. The van der Waals surface area contributed by atoms with Crippen molar-refractivity contribution >= 4 is 5.91 Å². The Morgan fingerprint density at radius 1 is 1.08 bits per heavy atom. The summed E-state index contributed by atoms with van der Waals surface area (Å²) in [7, 11) is 0. The highest BCUT2D eigenvalue weighted by Gasteiger charge is 2.12. The standard InChI is InChI=1S/C18H15FN2O3/c19-15-6-2-1-5-13(15)11-20-18(23)16-9-8-14(24-16)12-21-10-4-3-7-17(21)22/h1-10H,11-12H2,(H,20,23). The van der Waals surface area contributed by atoms with E-state index in [0.29, 0.717) is 11.3 Å². The predicted octanol–water partition coefficient (Wildman–Crippen LogP) is 2.56. The number of benzene rings is 1. The van der Waals surface area contributed by atoms with Crippen LogP contribution in [0, 0.1) is 5.82 Å². The van der Waals surface area contributed by atoms with Crippen molar-refractivity contribution in [3.63, 3.8) is 0 Å². The van der Waals surface area contributed by atoms with Crippen LogP contribution in [0.25, 0.3) is 0 Å². The molecule has 1 amide bonds. The molecule has 2 aromatic heterocycles. The van der Waals surface area contributed by atoms with Crippen molar-refractivity contribution in [2.75, 3.05) is 0 Å². The SMILES string of the molecule is O=C(NCc1ccccc1F)c1ccc(Cn2ccccc2=O)o1. The third kappa shape index (κ3) is 3.60. The van der Waals surface area contributed by atoms with Gasteiger partial charge in [-0.25, -0.2) is 4.39 Å². The Morgan fingerprint density at radius 3 is 2.67 bits per heavy atom. The number of furan rings is 1. The Bertz CT molecular complexity index is 914. The maximum atomic E-state index is 13.5. The number of nitrogens with zero attached hydrogens (tertiary/aromatic N) is 1. The average molecular weight is 326 g/mol. The van der Waals surface area contributed by atoms with Gasteiger partial charge in [0.25, 0.3) is 11.5 Å². The molecule has 1 N–H and O–H groups in total. The van der Waals surface area contributed by atoms with Gasteiger partial charge in [0, 0.05) is 24.4 Å². The van der Waals surface area contributed by atoms with Crippen molar-refractivity contribution in [2.45, 2.75) is 13.1 Å². The minimum absolute atomic E-state index is 0.0691. The molecular weight excluding hydrogens is 311 g/mol. The monoisotopic (exact) mass is 326 g/mol. The third-order valence-corrected chi connectivity index (χ3v) is 3.51. The molecule has 24 heavy (non-hydrogen) atoms. The number of carbonyl (C=O) groups is 1. The summed E-state index contributed by atoms with van der Waals surface area (Å²) in [5.74, 6) is -0.212. The lowest BCUT2D eigenvalue weighted by molar-refractivity contribution is 0.0921. The molecule has 6 heteroatoms. The van der Waals surface area contributed by atoms with Crippen LogP contribution < -0.4 is 10.9 Å². The Hall–Kier alpha value is -3.15. The molecule has 122 valence electrons. The number of nitrogens with one attached hydrogen (secondary N) is 1. The van der Waals surface area contributed by atoms with Gasteiger partial charge in [0.15, 0.2) is 5.76 Å². The van der Waals surface area contributed by atoms with E-state index in [4.69, 9.17) is 4.42 Å². The molecule has 0 unspecified atom stereocenters. The number of hydrogen-bond acceptors (Lipinski definition) is 3. The zero-order valence-corrected chi connectivity index (χ0v) is 12.7. The van der Waals surface area contributed by atoms with Gasteiger partial charge in [-0.15, -0.1) is 0 Å². The first-order chi connectivity index (χ1) is 11.6. The van der Waals surface area contributed by atoms with Crippen LogP contribution in [0.1, 0.15) is 21.9 Å². The lowest BCUT2D eigenvalue weighted by atomic mass is 10.2. The van der Waals surface area contributed by atoms with Gasteiger partial charge in [-0.3, -0.25) is 9.59 Å². The molecule has 0 spiro atoms. The summed E-state index contributed by atoms with van der Waals surface area (Å²) in [6.45, 7) is 0.306. The van der Waals surface area contributed by atoms with E-state index in [2.05, 4.69) is 5.32 Å². The lowest BCUT2D eigenvalue weighted by Crippen LogP contribution is -2.22. The zero-order chi connectivity index (χ0) is 16.9. The fourth-order valence-electron chi connectivity index (χ4n) is 2.25. The van der Waals surface area contributed by atoms with Crippen LogP contribution in [0.2, 0.25) is 0 Å². The Kier molecular flexibility index (Phi) is 4.56. The molecule has 0 aliphatic heterocycles. The summed E-state index contributed by atoms with van der Waals surface area (Å²) in [5.41, 5.74) is 0.243. The van der Waals surface area contributed by atoms with Gasteiger partial charge in [0.1, 0.15) is 11.6 Å². The molecule has 0 aliphatic rings. The largest absolute Gasteiger partial charge is 0.454 e. The summed E-state index contributed by atoms with van der Waals surface area (Å²) in [5, 5.41) is 2.60. The van der Waals surface area contributed by atoms with Gasteiger partial charge >= 0.3 is 0 Å². The Morgan fingerprint density at radius 2 is 1.88 bits per heavy atom. The summed E-state index contributed by atoms with van der Waals surface area (Å²) in [4.78, 5) is 23.7. The summed E-state index contributed by atoms with van der Waals surface area (Å²) >= 11 is 0. The molecule has 0 fully saturated rings. The minimum atomic E-state index is -0.440. The third-order valence-electron chi connectivity index (χ3n) is 3.51. The van der Waals surface area contributed by atoms with E-state index in [1.807, 2.05) is 0 Å².